The summed E-state index contributed by atoms with van der Waals surface area (Å²) in [5.74, 6) is -1.77. The molecule has 186 valence electrons. The fourth-order valence-corrected chi connectivity index (χ4v) is 4.84. The van der Waals surface area contributed by atoms with Gasteiger partial charge in [-0.3, -0.25) is 14.4 Å². The first-order valence-corrected chi connectivity index (χ1v) is 11.8. The van der Waals surface area contributed by atoms with Gasteiger partial charge in [-0.1, -0.05) is 49.2 Å². The van der Waals surface area contributed by atoms with E-state index < -0.39 is 23.3 Å². The number of methoxy groups -OCH3 is 1. The summed E-state index contributed by atoms with van der Waals surface area (Å²) in [6, 6.07) is 8.88. The van der Waals surface area contributed by atoms with E-state index in [1.165, 1.54) is 26.2 Å². The Morgan fingerprint density at radius 3 is 2.29 bits per heavy atom. The Morgan fingerprint density at radius 1 is 1.09 bits per heavy atom. The number of carbonyl (C=O) groups is 4. The number of nitrogens with one attached hydrogen (secondary N) is 2. The number of nitrogens with zero attached hydrogens (tertiary/aromatic N) is 1. The summed E-state index contributed by atoms with van der Waals surface area (Å²) >= 11 is 11.8. The molecular weight excluding hydrogens is 493 g/mol. The molecular formula is C25H27Cl2N3O5. The molecule has 1 aliphatic carbocycles. The van der Waals surface area contributed by atoms with Crippen LogP contribution < -0.4 is 10.6 Å². The summed E-state index contributed by atoms with van der Waals surface area (Å²) in [4.78, 5) is 53.4. The summed E-state index contributed by atoms with van der Waals surface area (Å²) in [6.45, 7) is 5.31. The summed E-state index contributed by atoms with van der Waals surface area (Å²) in [5.41, 5.74) is 0.965. The Balaban J connectivity index is 1.65. The highest BCUT2D eigenvalue weighted by Gasteiger charge is 2.53. The predicted molar refractivity (Wildman–Crippen MR) is 132 cm³/mol. The number of esters is 1. The van der Waals surface area contributed by atoms with Crippen LogP contribution in [0.3, 0.4) is 0 Å². The summed E-state index contributed by atoms with van der Waals surface area (Å²) < 4.78 is 4.88. The largest absolute Gasteiger partial charge is 0.467 e. The van der Waals surface area contributed by atoms with Crippen molar-refractivity contribution >= 4 is 52.5 Å². The second-order valence-corrected chi connectivity index (χ2v) is 9.93. The maximum atomic E-state index is 12.9. The quantitative estimate of drug-likeness (QED) is 0.400. The molecule has 0 spiro atoms. The van der Waals surface area contributed by atoms with Crippen LogP contribution in [0.4, 0.5) is 5.69 Å². The normalized spacial score (nSPS) is 19.1. The van der Waals surface area contributed by atoms with E-state index in [-0.39, 0.29) is 45.8 Å². The highest BCUT2D eigenvalue weighted by atomic mass is 35.5. The number of Topliss-reactive ketones (excluding diaryl/α,β-unsaturated/α-hetero) is 1. The third kappa shape index (κ3) is 6.00. The van der Waals surface area contributed by atoms with Crippen molar-refractivity contribution < 1.29 is 23.9 Å². The standard InChI is InChI=1S/C25H27Cl2N3O5/c1-13(31)17-12-18(25(17,2)3)23(33)29-19(24(34)35-4)11-14-5-7-15(8-6-14)28-22(32)16-9-10-20(26)30-21(16)27/h5-10,17-19H,11-12H2,1-4H3,(H,28,32)(H,29,33)/t17?,18?,19-/m0/s1. The lowest BCUT2D eigenvalue weighted by Gasteiger charge is -2.50. The van der Waals surface area contributed by atoms with Gasteiger partial charge in [0, 0.05) is 23.9 Å². The molecule has 2 unspecified atom stereocenters. The van der Waals surface area contributed by atoms with Gasteiger partial charge in [0.15, 0.2) is 0 Å². The van der Waals surface area contributed by atoms with Crippen LogP contribution >= 0.6 is 23.2 Å². The van der Waals surface area contributed by atoms with Crippen molar-refractivity contribution in [2.45, 2.75) is 39.7 Å². The van der Waals surface area contributed by atoms with E-state index in [2.05, 4.69) is 15.6 Å². The number of hydrogen-bond acceptors (Lipinski definition) is 6. The molecule has 1 aromatic carbocycles. The van der Waals surface area contributed by atoms with Crippen LogP contribution in [0, 0.1) is 17.3 Å². The zero-order valence-corrected chi connectivity index (χ0v) is 21.4. The van der Waals surface area contributed by atoms with Crippen molar-refractivity contribution in [2.24, 2.45) is 17.3 Å². The average molecular weight is 520 g/mol. The van der Waals surface area contributed by atoms with Gasteiger partial charge in [0.25, 0.3) is 5.91 Å². The van der Waals surface area contributed by atoms with Crippen LogP contribution in [0.5, 0.6) is 0 Å². The molecule has 0 aliphatic heterocycles. The Hall–Kier alpha value is -2.97. The van der Waals surface area contributed by atoms with Gasteiger partial charge in [-0.05, 0) is 48.6 Å². The Morgan fingerprint density at radius 2 is 1.74 bits per heavy atom. The summed E-state index contributed by atoms with van der Waals surface area (Å²) in [6.07, 6.45) is 0.659. The number of pyridine rings is 1. The minimum Gasteiger partial charge on any atom is -0.467 e. The van der Waals surface area contributed by atoms with E-state index in [4.69, 9.17) is 27.9 Å². The van der Waals surface area contributed by atoms with Gasteiger partial charge < -0.3 is 15.4 Å². The van der Waals surface area contributed by atoms with Gasteiger partial charge in [-0.25, -0.2) is 9.78 Å². The molecule has 2 aromatic rings. The number of aromatic nitrogens is 1. The van der Waals surface area contributed by atoms with E-state index in [0.29, 0.717) is 12.1 Å². The van der Waals surface area contributed by atoms with Gasteiger partial charge in [0.05, 0.1) is 12.7 Å². The van der Waals surface area contributed by atoms with Gasteiger partial charge >= 0.3 is 5.97 Å². The number of ether oxygens (including phenoxy) is 1. The molecule has 35 heavy (non-hydrogen) atoms. The second kappa shape index (κ2) is 10.7. The fraction of sp³-hybridized carbons (Fsp3) is 0.400. The highest BCUT2D eigenvalue weighted by Crippen LogP contribution is 2.51. The first kappa shape index (κ1) is 26.6. The lowest BCUT2D eigenvalue weighted by Crippen LogP contribution is -2.57. The number of hydrogen-bond donors (Lipinski definition) is 2. The zero-order valence-electron chi connectivity index (χ0n) is 19.9. The van der Waals surface area contributed by atoms with Gasteiger partial charge in [0.2, 0.25) is 5.91 Å². The SMILES string of the molecule is COC(=O)[C@H](Cc1ccc(NC(=O)c2ccc(Cl)nc2Cl)cc1)NC(=O)C1CC(C(C)=O)C1(C)C. The minimum atomic E-state index is -0.890. The van der Waals surface area contributed by atoms with Crippen LogP contribution in [0.1, 0.15) is 43.1 Å². The molecule has 10 heteroatoms. The van der Waals surface area contributed by atoms with E-state index in [9.17, 15) is 19.2 Å². The molecule has 0 radical (unpaired) electrons. The van der Waals surface area contributed by atoms with Crippen LogP contribution in [-0.2, 0) is 25.5 Å². The smallest absolute Gasteiger partial charge is 0.328 e. The molecule has 1 saturated carbocycles. The number of ketones is 1. The number of rotatable bonds is 8. The lowest BCUT2D eigenvalue weighted by atomic mass is 9.53. The van der Waals surface area contributed by atoms with E-state index in [1.807, 2.05) is 13.8 Å². The van der Waals surface area contributed by atoms with Gasteiger partial charge in [-0.2, -0.15) is 0 Å². The van der Waals surface area contributed by atoms with E-state index >= 15 is 0 Å². The molecule has 0 bridgehead atoms. The Labute approximate surface area is 213 Å². The van der Waals surface area contributed by atoms with Crippen LogP contribution in [-0.4, -0.2) is 41.7 Å². The first-order valence-electron chi connectivity index (χ1n) is 11.0. The number of carbonyl (C=O) groups excluding carboxylic acids is 4. The number of benzene rings is 1. The van der Waals surface area contributed by atoms with E-state index in [1.54, 1.807) is 24.3 Å². The predicted octanol–water partition coefficient (Wildman–Crippen LogP) is 4.09. The molecule has 1 aliphatic rings. The van der Waals surface area contributed by atoms with Crippen molar-refractivity contribution in [1.29, 1.82) is 0 Å². The maximum absolute atomic E-state index is 12.9. The molecule has 1 heterocycles. The number of anilines is 1. The molecule has 3 atom stereocenters. The van der Waals surface area contributed by atoms with Crippen molar-refractivity contribution in [3.8, 4) is 0 Å². The van der Waals surface area contributed by atoms with Gasteiger partial charge in [-0.15, -0.1) is 0 Å². The number of halogens is 2. The molecule has 1 fully saturated rings. The Bertz CT molecular complexity index is 1150. The molecule has 2 N–H and O–H groups in total. The van der Waals surface area contributed by atoms with Crippen LogP contribution in [0.15, 0.2) is 36.4 Å². The van der Waals surface area contributed by atoms with Crippen molar-refractivity contribution in [3.63, 3.8) is 0 Å². The molecule has 3 rings (SSSR count). The molecule has 8 nitrogen and oxygen atoms in total. The average Bonchev–Trinajstić information content (AvgIpc) is 2.78. The second-order valence-electron chi connectivity index (χ2n) is 9.18. The van der Waals surface area contributed by atoms with Crippen LogP contribution in [0.25, 0.3) is 0 Å². The first-order chi connectivity index (χ1) is 16.4. The monoisotopic (exact) mass is 519 g/mol. The topological polar surface area (TPSA) is 114 Å². The van der Waals surface area contributed by atoms with Crippen molar-refractivity contribution in [1.82, 2.24) is 10.3 Å². The highest BCUT2D eigenvalue weighted by molar-refractivity contribution is 6.35. The molecule has 2 amide bonds. The number of amides is 2. The maximum Gasteiger partial charge on any atom is 0.328 e. The van der Waals surface area contributed by atoms with Crippen molar-refractivity contribution in [2.75, 3.05) is 12.4 Å². The van der Waals surface area contributed by atoms with E-state index in [0.717, 1.165) is 5.56 Å². The third-order valence-electron chi connectivity index (χ3n) is 6.59. The molecule has 0 saturated heterocycles. The van der Waals surface area contributed by atoms with Crippen molar-refractivity contribution in [3.05, 3.63) is 57.8 Å². The Kier molecular flexibility index (Phi) is 8.18. The molecule has 1 aromatic heterocycles. The van der Waals surface area contributed by atoms with Gasteiger partial charge in [0.1, 0.15) is 22.1 Å². The lowest BCUT2D eigenvalue weighted by molar-refractivity contribution is -0.153. The summed E-state index contributed by atoms with van der Waals surface area (Å²) in [5, 5.41) is 5.68. The zero-order chi connectivity index (χ0) is 25.9. The fourth-order valence-electron chi connectivity index (χ4n) is 4.41. The summed E-state index contributed by atoms with van der Waals surface area (Å²) in [7, 11) is 1.26. The third-order valence-corrected chi connectivity index (χ3v) is 7.09. The van der Waals surface area contributed by atoms with Crippen LogP contribution in [0.2, 0.25) is 10.3 Å². The minimum absolute atomic E-state index is 0.00690.